The number of alkyl halides is 2. The first-order valence-corrected chi connectivity index (χ1v) is 12.2. The molecular formula is C20H28F2O9S. The number of hydrogen-bond acceptors (Lipinski definition) is 8. The molecule has 1 heterocycles. The number of carbonyl (C=O) groups excluding carboxylic acids is 2. The van der Waals surface area contributed by atoms with E-state index in [1.54, 1.807) is 0 Å². The summed E-state index contributed by atoms with van der Waals surface area (Å²) in [6.07, 6.45) is 3.70. The van der Waals surface area contributed by atoms with Gasteiger partial charge >= 0.3 is 27.5 Å². The number of rotatable bonds is 8. The smallest absolute Gasteiger partial charge is 0.460 e. The van der Waals surface area contributed by atoms with Gasteiger partial charge in [-0.05, 0) is 56.8 Å². The van der Waals surface area contributed by atoms with E-state index in [-0.39, 0.29) is 23.9 Å². The van der Waals surface area contributed by atoms with Gasteiger partial charge in [-0.1, -0.05) is 6.92 Å². The van der Waals surface area contributed by atoms with E-state index in [9.17, 15) is 26.8 Å². The van der Waals surface area contributed by atoms with Crippen LogP contribution in [0.1, 0.15) is 51.9 Å². The van der Waals surface area contributed by atoms with Crippen molar-refractivity contribution >= 4 is 22.2 Å². The van der Waals surface area contributed by atoms with E-state index < -0.39 is 45.1 Å². The minimum atomic E-state index is -5.93. The summed E-state index contributed by atoms with van der Waals surface area (Å²) in [6.45, 7) is 2.80. The van der Waals surface area contributed by atoms with Crippen molar-refractivity contribution in [1.29, 1.82) is 0 Å². The van der Waals surface area contributed by atoms with Crippen LogP contribution >= 0.6 is 0 Å². The molecule has 9 nitrogen and oxygen atoms in total. The van der Waals surface area contributed by atoms with Gasteiger partial charge in [0.2, 0.25) is 0 Å². The van der Waals surface area contributed by atoms with E-state index in [1.165, 1.54) is 0 Å². The van der Waals surface area contributed by atoms with Crippen LogP contribution in [-0.4, -0.2) is 62.4 Å². The van der Waals surface area contributed by atoms with Crippen molar-refractivity contribution in [2.45, 2.75) is 62.7 Å². The molecule has 0 radical (unpaired) electrons. The van der Waals surface area contributed by atoms with E-state index in [1.807, 2.05) is 6.92 Å². The Hall–Kier alpha value is -1.53. The van der Waals surface area contributed by atoms with E-state index in [0.29, 0.717) is 45.3 Å². The van der Waals surface area contributed by atoms with E-state index in [0.717, 1.165) is 12.8 Å². The van der Waals surface area contributed by atoms with Crippen LogP contribution in [0, 0.1) is 22.7 Å². The quantitative estimate of drug-likeness (QED) is 0.410. The largest absolute Gasteiger partial charge is 0.508 e. The van der Waals surface area contributed by atoms with Crippen molar-refractivity contribution in [3.63, 3.8) is 0 Å². The highest BCUT2D eigenvalue weighted by Gasteiger charge is 2.61. The summed E-state index contributed by atoms with van der Waals surface area (Å²) in [5, 5.41) is -5.03. The van der Waals surface area contributed by atoms with Crippen molar-refractivity contribution in [3.8, 4) is 0 Å². The van der Waals surface area contributed by atoms with E-state index >= 15 is 0 Å². The predicted octanol–water partition coefficient (Wildman–Crippen LogP) is 2.93. The molecule has 12 heteroatoms. The van der Waals surface area contributed by atoms with Crippen LogP contribution in [-0.2, 0) is 33.9 Å². The van der Waals surface area contributed by atoms with Crippen LogP contribution in [0.25, 0.3) is 0 Å². The second-order valence-corrected chi connectivity index (χ2v) is 11.7. The van der Waals surface area contributed by atoms with Gasteiger partial charge in [-0.3, -0.25) is 4.55 Å². The van der Waals surface area contributed by atoms with Gasteiger partial charge in [-0.15, -0.1) is 0 Å². The lowest BCUT2D eigenvalue weighted by Crippen LogP contribution is -2.59. The van der Waals surface area contributed by atoms with Crippen molar-refractivity contribution in [3.05, 3.63) is 0 Å². The SMILES string of the molecule is CCC1(COC(=O)OC23CC4CC(CC(COC(=O)C(F)(F)S(=O)(=O)O)(C4)C2)C3)COC1. The second-order valence-electron chi connectivity index (χ2n) is 10.2. The molecule has 0 aromatic carbocycles. The molecule has 5 aliphatic rings. The van der Waals surface area contributed by atoms with Gasteiger partial charge in [-0.2, -0.15) is 17.2 Å². The number of ether oxygens (including phenoxy) is 4. The summed E-state index contributed by atoms with van der Waals surface area (Å²) in [5.74, 6) is -1.96. The van der Waals surface area contributed by atoms with Crippen LogP contribution < -0.4 is 0 Å². The number of esters is 1. The monoisotopic (exact) mass is 482 g/mol. The fraction of sp³-hybridized carbons (Fsp3) is 0.900. The molecule has 0 spiro atoms. The Kier molecular flexibility index (Phi) is 5.73. The number of hydrogen-bond donors (Lipinski definition) is 1. The number of halogens is 2. The molecule has 5 fully saturated rings. The highest BCUT2D eigenvalue weighted by Crippen LogP contribution is 2.63. The highest BCUT2D eigenvalue weighted by molar-refractivity contribution is 7.87. The summed E-state index contributed by atoms with van der Waals surface area (Å²) in [5.41, 5.74) is -1.70. The van der Waals surface area contributed by atoms with E-state index in [4.69, 9.17) is 18.8 Å². The molecule has 4 saturated carbocycles. The summed E-state index contributed by atoms with van der Waals surface area (Å²) in [4.78, 5) is 24.2. The van der Waals surface area contributed by atoms with Crippen molar-refractivity contribution in [2.24, 2.45) is 22.7 Å². The average molecular weight is 482 g/mol. The Morgan fingerprint density at radius 2 is 1.72 bits per heavy atom. The molecule has 4 aliphatic carbocycles. The van der Waals surface area contributed by atoms with Crippen LogP contribution in [0.3, 0.4) is 0 Å². The Morgan fingerprint density at radius 3 is 2.22 bits per heavy atom. The molecule has 0 aromatic rings. The van der Waals surface area contributed by atoms with Gasteiger partial charge in [0.15, 0.2) is 0 Å². The Bertz CT molecular complexity index is 864. The molecule has 2 atom stereocenters. The molecule has 5 rings (SSSR count). The summed E-state index contributed by atoms with van der Waals surface area (Å²) >= 11 is 0. The third kappa shape index (κ3) is 4.21. The molecule has 0 aromatic heterocycles. The fourth-order valence-corrected chi connectivity index (χ4v) is 6.53. The molecular weight excluding hydrogens is 454 g/mol. The minimum Gasteiger partial charge on any atom is -0.460 e. The third-order valence-corrected chi connectivity index (χ3v) is 8.38. The van der Waals surface area contributed by atoms with Crippen LogP contribution in [0.4, 0.5) is 13.6 Å². The fourth-order valence-electron chi connectivity index (χ4n) is 6.26. The van der Waals surface area contributed by atoms with Gasteiger partial charge in [0.05, 0.1) is 25.2 Å². The standard InChI is InChI=1S/C20H28F2O9S/c1-2-17(9-28-10-17)11-30-16(24)31-19-6-13-3-14(7-19)5-18(4-13,8-19)12-29-15(23)20(21,22)32(25,26)27/h13-14H,2-12H2,1H3,(H,25,26,27). The molecule has 1 saturated heterocycles. The zero-order valence-electron chi connectivity index (χ0n) is 17.8. The van der Waals surface area contributed by atoms with Gasteiger partial charge < -0.3 is 18.9 Å². The number of carbonyl (C=O) groups is 2. The van der Waals surface area contributed by atoms with Gasteiger partial charge in [-0.25, -0.2) is 9.59 Å². The molecule has 32 heavy (non-hydrogen) atoms. The molecule has 0 amide bonds. The maximum atomic E-state index is 13.6. The van der Waals surface area contributed by atoms with Gasteiger partial charge in [0.25, 0.3) is 0 Å². The van der Waals surface area contributed by atoms with Crippen molar-refractivity contribution in [2.75, 3.05) is 26.4 Å². The summed E-state index contributed by atoms with van der Waals surface area (Å²) in [7, 11) is -5.93. The average Bonchev–Trinajstić information content (AvgIpc) is 2.63. The lowest BCUT2D eigenvalue weighted by molar-refractivity contribution is -0.202. The molecule has 4 bridgehead atoms. The Balaban J connectivity index is 1.40. The topological polar surface area (TPSA) is 125 Å². The normalized spacial score (nSPS) is 35.1. The maximum absolute atomic E-state index is 13.6. The first-order chi connectivity index (χ1) is 14.8. The summed E-state index contributed by atoms with van der Waals surface area (Å²) in [6, 6.07) is 0. The Labute approximate surface area is 184 Å². The van der Waals surface area contributed by atoms with Gasteiger partial charge in [0, 0.05) is 5.41 Å². The van der Waals surface area contributed by atoms with Gasteiger partial charge in [0.1, 0.15) is 12.2 Å². The van der Waals surface area contributed by atoms with Crippen LogP contribution in [0.15, 0.2) is 0 Å². The van der Waals surface area contributed by atoms with E-state index in [2.05, 4.69) is 4.74 Å². The van der Waals surface area contributed by atoms with Crippen molar-refractivity contribution < 1.29 is 50.3 Å². The van der Waals surface area contributed by atoms with Crippen molar-refractivity contribution in [1.82, 2.24) is 0 Å². The second kappa shape index (κ2) is 7.76. The molecule has 1 N–H and O–H groups in total. The zero-order valence-corrected chi connectivity index (χ0v) is 18.6. The lowest BCUT2D eigenvalue weighted by Gasteiger charge is -2.60. The molecule has 2 unspecified atom stereocenters. The first-order valence-electron chi connectivity index (χ1n) is 10.8. The minimum absolute atomic E-state index is 0.173. The first kappa shape index (κ1) is 23.6. The molecule has 182 valence electrons. The highest BCUT2D eigenvalue weighted by atomic mass is 32.2. The maximum Gasteiger partial charge on any atom is 0.508 e. The lowest BCUT2D eigenvalue weighted by atomic mass is 9.48. The van der Waals surface area contributed by atoms with Crippen LogP contribution in [0.5, 0.6) is 0 Å². The predicted molar refractivity (Wildman–Crippen MR) is 103 cm³/mol. The van der Waals surface area contributed by atoms with Crippen LogP contribution in [0.2, 0.25) is 0 Å². The summed E-state index contributed by atoms with van der Waals surface area (Å²) < 4.78 is 78.4. The zero-order chi connectivity index (χ0) is 23.4. The third-order valence-electron chi connectivity index (χ3n) is 7.56. The Morgan fingerprint density at radius 1 is 1.09 bits per heavy atom. The molecule has 1 aliphatic heterocycles.